The highest BCUT2D eigenvalue weighted by atomic mass is 16.5. The summed E-state index contributed by atoms with van der Waals surface area (Å²) >= 11 is 0. The fourth-order valence-corrected chi connectivity index (χ4v) is 2.49. The number of anilines is 1. The number of nitrogens with one attached hydrogen (secondary N) is 2. The van der Waals surface area contributed by atoms with Crippen LogP contribution in [0.1, 0.15) is 10.4 Å². The average Bonchev–Trinajstić information content (AvgIpc) is 3.25. The first-order valence-electron chi connectivity index (χ1n) is 8.26. The van der Waals surface area contributed by atoms with E-state index in [1.165, 1.54) is 0 Å². The Kier molecular flexibility index (Phi) is 4.57. The van der Waals surface area contributed by atoms with E-state index in [1.54, 1.807) is 36.4 Å². The molecule has 0 aliphatic rings. The van der Waals surface area contributed by atoms with Gasteiger partial charge in [0.1, 0.15) is 11.5 Å². The van der Waals surface area contributed by atoms with Gasteiger partial charge in [0.15, 0.2) is 0 Å². The van der Waals surface area contributed by atoms with Gasteiger partial charge >= 0.3 is 0 Å². The van der Waals surface area contributed by atoms with Crippen LogP contribution in [-0.2, 0) is 0 Å². The predicted octanol–water partition coefficient (Wildman–Crippen LogP) is 3.91. The second-order valence-electron chi connectivity index (χ2n) is 5.71. The average molecular weight is 357 g/mol. The van der Waals surface area contributed by atoms with E-state index < -0.39 is 0 Å². The van der Waals surface area contributed by atoms with Crippen LogP contribution in [0, 0.1) is 0 Å². The quantitative estimate of drug-likeness (QED) is 0.565. The van der Waals surface area contributed by atoms with Crippen molar-refractivity contribution in [2.45, 2.75) is 0 Å². The molecule has 0 saturated carbocycles. The molecule has 132 valence electrons. The van der Waals surface area contributed by atoms with E-state index in [4.69, 9.17) is 4.74 Å². The van der Waals surface area contributed by atoms with Crippen molar-refractivity contribution >= 4 is 11.6 Å². The second kappa shape index (κ2) is 7.49. The number of carbonyl (C=O) groups is 1. The van der Waals surface area contributed by atoms with Crippen LogP contribution < -0.4 is 10.1 Å². The lowest BCUT2D eigenvalue weighted by atomic mass is 10.1. The number of H-pyrrole nitrogens is 1. The number of tetrazole rings is 1. The van der Waals surface area contributed by atoms with Crippen LogP contribution in [-0.4, -0.2) is 26.5 Å². The van der Waals surface area contributed by atoms with Crippen LogP contribution in [0.2, 0.25) is 0 Å². The number of hydrogen-bond donors (Lipinski definition) is 2. The molecular weight excluding hydrogens is 342 g/mol. The number of nitrogens with zero attached hydrogens (tertiary/aromatic N) is 3. The van der Waals surface area contributed by atoms with Crippen molar-refractivity contribution in [2.75, 3.05) is 5.32 Å². The topological polar surface area (TPSA) is 92.8 Å². The molecule has 0 aliphatic carbocycles. The van der Waals surface area contributed by atoms with Gasteiger partial charge < -0.3 is 10.1 Å². The SMILES string of the molecule is O=C(Nc1ccc(Oc2ccccc2)cc1)c1ccc(-c2nn[nH]n2)cc1. The summed E-state index contributed by atoms with van der Waals surface area (Å²) in [6.45, 7) is 0. The van der Waals surface area contributed by atoms with Gasteiger partial charge in [0.25, 0.3) is 5.91 Å². The summed E-state index contributed by atoms with van der Waals surface area (Å²) in [7, 11) is 0. The molecule has 4 aromatic rings. The highest BCUT2D eigenvalue weighted by Crippen LogP contribution is 2.23. The summed E-state index contributed by atoms with van der Waals surface area (Å²) in [5.74, 6) is 1.74. The highest BCUT2D eigenvalue weighted by Gasteiger charge is 2.08. The molecular formula is C20H15N5O2. The van der Waals surface area contributed by atoms with Crippen molar-refractivity contribution in [1.29, 1.82) is 0 Å². The number of aromatic amines is 1. The number of aromatic nitrogens is 4. The molecule has 1 heterocycles. The van der Waals surface area contributed by atoms with E-state index >= 15 is 0 Å². The molecule has 3 aromatic carbocycles. The number of hydrogen-bond acceptors (Lipinski definition) is 5. The molecule has 1 aromatic heterocycles. The normalized spacial score (nSPS) is 10.4. The Labute approximate surface area is 155 Å². The Balaban J connectivity index is 1.40. The zero-order chi connectivity index (χ0) is 18.5. The van der Waals surface area contributed by atoms with Gasteiger partial charge in [-0.05, 0) is 53.7 Å². The van der Waals surface area contributed by atoms with Crippen LogP contribution in [0.25, 0.3) is 11.4 Å². The number of amides is 1. The number of para-hydroxylation sites is 1. The minimum absolute atomic E-state index is 0.202. The van der Waals surface area contributed by atoms with E-state index in [9.17, 15) is 4.79 Å². The monoisotopic (exact) mass is 357 g/mol. The molecule has 0 bridgehead atoms. The molecule has 0 fully saturated rings. The van der Waals surface area contributed by atoms with Crippen LogP contribution in [0.4, 0.5) is 5.69 Å². The summed E-state index contributed by atoms with van der Waals surface area (Å²) in [6.07, 6.45) is 0. The minimum Gasteiger partial charge on any atom is -0.457 e. The first-order valence-corrected chi connectivity index (χ1v) is 8.26. The maximum atomic E-state index is 12.4. The third-order valence-electron chi connectivity index (χ3n) is 3.84. The maximum Gasteiger partial charge on any atom is 0.255 e. The lowest BCUT2D eigenvalue weighted by Crippen LogP contribution is -2.11. The van der Waals surface area contributed by atoms with Crippen molar-refractivity contribution in [3.63, 3.8) is 0 Å². The Morgan fingerprint density at radius 1 is 0.852 bits per heavy atom. The van der Waals surface area contributed by atoms with Crippen molar-refractivity contribution in [2.24, 2.45) is 0 Å². The summed E-state index contributed by atoms with van der Waals surface area (Å²) in [4.78, 5) is 12.4. The molecule has 27 heavy (non-hydrogen) atoms. The van der Waals surface area contributed by atoms with E-state index in [0.717, 1.165) is 11.3 Å². The fourth-order valence-electron chi connectivity index (χ4n) is 2.49. The molecule has 0 aliphatic heterocycles. The van der Waals surface area contributed by atoms with Crippen LogP contribution >= 0.6 is 0 Å². The van der Waals surface area contributed by atoms with E-state index in [0.29, 0.717) is 22.8 Å². The van der Waals surface area contributed by atoms with E-state index in [-0.39, 0.29) is 5.91 Å². The van der Waals surface area contributed by atoms with Crippen LogP contribution in [0.15, 0.2) is 78.9 Å². The van der Waals surface area contributed by atoms with Gasteiger partial charge in [-0.15, -0.1) is 10.2 Å². The summed E-state index contributed by atoms with van der Waals surface area (Å²) in [5.41, 5.74) is 2.00. The Bertz CT molecular complexity index is 1010. The molecule has 0 spiro atoms. The lowest BCUT2D eigenvalue weighted by Gasteiger charge is -2.08. The molecule has 1 amide bonds. The van der Waals surface area contributed by atoms with Gasteiger partial charge in [-0.2, -0.15) is 5.21 Å². The smallest absolute Gasteiger partial charge is 0.255 e. The molecule has 4 rings (SSSR count). The van der Waals surface area contributed by atoms with Crippen molar-refractivity contribution in [3.8, 4) is 22.9 Å². The van der Waals surface area contributed by atoms with E-state index in [2.05, 4.69) is 25.9 Å². The summed E-state index contributed by atoms with van der Waals surface area (Å²) in [6, 6.07) is 23.7. The molecule has 0 atom stereocenters. The maximum absolute atomic E-state index is 12.4. The van der Waals surface area contributed by atoms with Gasteiger partial charge in [-0.1, -0.05) is 30.3 Å². The number of rotatable bonds is 5. The van der Waals surface area contributed by atoms with Gasteiger partial charge in [-0.3, -0.25) is 4.79 Å². The molecule has 7 nitrogen and oxygen atoms in total. The predicted molar refractivity (Wildman–Crippen MR) is 101 cm³/mol. The zero-order valence-corrected chi connectivity index (χ0v) is 14.2. The first kappa shape index (κ1) is 16.5. The standard InChI is InChI=1S/C20H15N5O2/c26-20(15-8-6-14(7-9-15)19-22-24-25-23-19)21-16-10-12-18(13-11-16)27-17-4-2-1-3-5-17/h1-13H,(H,21,26)(H,22,23,24,25). The largest absolute Gasteiger partial charge is 0.457 e. The molecule has 0 unspecified atom stereocenters. The molecule has 2 N–H and O–H groups in total. The minimum atomic E-state index is -0.202. The van der Waals surface area contributed by atoms with Crippen LogP contribution in [0.3, 0.4) is 0 Å². The third kappa shape index (κ3) is 3.98. The third-order valence-corrected chi connectivity index (χ3v) is 3.84. The van der Waals surface area contributed by atoms with Gasteiger partial charge in [-0.25, -0.2) is 0 Å². The van der Waals surface area contributed by atoms with Gasteiger partial charge in [0.2, 0.25) is 5.82 Å². The van der Waals surface area contributed by atoms with Crippen LogP contribution in [0.5, 0.6) is 11.5 Å². The molecule has 0 saturated heterocycles. The Morgan fingerprint density at radius 3 is 2.22 bits per heavy atom. The number of benzene rings is 3. The lowest BCUT2D eigenvalue weighted by molar-refractivity contribution is 0.102. The molecule has 0 radical (unpaired) electrons. The van der Waals surface area contributed by atoms with Crippen molar-refractivity contribution < 1.29 is 9.53 Å². The first-order chi connectivity index (χ1) is 13.3. The Morgan fingerprint density at radius 2 is 1.56 bits per heavy atom. The molecule has 7 heteroatoms. The highest BCUT2D eigenvalue weighted by molar-refractivity contribution is 6.04. The second-order valence-corrected chi connectivity index (χ2v) is 5.71. The van der Waals surface area contributed by atoms with Crippen molar-refractivity contribution in [1.82, 2.24) is 20.6 Å². The van der Waals surface area contributed by atoms with Gasteiger partial charge in [0, 0.05) is 16.8 Å². The fraction of sp³-hybridized carbons (Fsp3) is 0. The summed E-state index contributed by atoms with van der Waals surface area (Å²) in [5, 5.41) is 16.6. The summed E-state index contributed by atoms with van der Waals surface area (Å²) < 4.78 is 5.74. The Hall–Kier alpha value is -4.00. The number of ether oxygens (including phenoxy) is 1. The van der Waals surface area contributed by atoms with Gasteiger partial charge in [0.05, 0.1) is 0 Å². The van der Waals surface area contributed by atoms with E-state index in [1.807, 2.05) is 42.5 Å². The van der Waals surface area contributed by atoms with Crippen molar-refractivity contribution in [3.05, 3.63) is 84.4 Å². The zero-order valence-electron chi connectivity index (χ0n) is 14.2. The number of carbonyl (C=O) groups excluding carboxylic acids is 1.